The lowest BCUT2D eigenvalue weighted by Crippen LogP contribution is -2.15. The molecule has 0 saturated carbocycles. The molecule has 0 atom stereocenters. The minimum atomic E-state index is -0.115. The van der Waals surface area contributed by atoms with E-state index in [0.29, 0.717) is 0 Å². The molecule has 0 N–H and O–H groups in total. The third kappa shape index (κ3) is 4.37. The maximum atomic E-state index is 2.46. The molecule has 0 amide bonds. The lowest BCUT2D eigenvalue weighted by molar-refractivity contribution is 0.659. The highest BCUT2D eigenvalue weighted by molar-refractivity contribution is 6.21. The van der Waals surface area contributed by atoms with E-state index in [1.54, 1.807) is 0 Å². The van der Waals surface area contributed by atoms with E-state index in [0.717, 1.165) is 0 Å². The van der Waals surface area contributed by atoms with Crippen LogP contribution in [0.3, 0.4) is 0 Å². The first-order valence-electron chi connectivity index (χ1n) is 19.3. The highest BCUT2D eigenvalue weighted by Gasteiger charge is 2.37. The SMILES string of the molecule is CC1(C)c2ccccc2-c2ccc(-c3ccc4c(c3)C(C)(C)c3cc(-c5ccc(-c6cc7c8ccccc8ccc7c7ccccc67)cc5)ccc3-4)cc21. The number of benzene rings is 9. The fraction of sp³-hybridized carbons (Fsp3) is 0.111. The summed E-state index contributed by atoms with van der Waals surface area (Å²) in [4.78, 5) is 0. The van der Waals surface area contributed by atoms with Gasteiger partial charge in [-0.05, 0) is 134 Å². The summed E-state index contributed by atoms with van der Waals surface area (Å²) in [7, 11) is 0. The van der Waals surface area contributed by atoms with Crippen LogP contribution in [0.15, 0.2) is 170 Å². The smallest absolute Gasteiger partial charge is 0.0159 e. The van der Waals surface area contributed by atoms with Crippen molar-refractivity contribution in [1.29, 1.82) is 0 Å². The molecule has 54 heavy (non-hydrogen) atoms. The third-order valence-electron chi connectivity index (χ3n) is 12.9. The molecule has 0 aromatic heterocycles. The van der Waals surface area contributed by atoms with Gasteiger partial charge in [-0.15, -0.1) is 0 Å². The van der Waals surface area contributed by atoms with Crippen LogP contribution in [0.2, 0.25) is 0 Å². The normalized spacial score (nSPS) is 14.6. The molecular formula is C54H40. The van der Waals surface area contributed by atoms with Crippen molar-refractivity contribution in [2.75, 3.05) is 0 Å². The summed E-state index contributed by atoms with van der Waals surface area (Å²) in [6.45, 7) is 9.51. The molecule has 0 aliphatic heterocycles. The highest BCUT2D eigenvalue weighted by Crippen LogP contribution is 2.52. The second-order valence-electron chi connectivity index (χ2n) is 16.5. The molecule has 0 bridgehead atoms. The molecule has 0 heterocycles. The molecule has 0 unspecified atom stereocenters. The first-order chi connectivity index (χ1) is 26.3. The van der Waals surface area contributed by atoms with Crippen molar-refractivity contribution in [2.45, 2.75) is 38.5 Å². The second-order valence-corrected chi connectivity index (χ2v) is 16.5. The van der Waals surface area contributed by atoms with Crippen LogP contribution in [0.1, 0.15) is 49.9 Å². The van der Waals surface area contributed by atoms with E-state index < -0.39 is 0 Å². The monoisotopic (exact) mass is 688 g/mol. The van der Waals surface area contributed by atoms with Gasteiger partial charge in [0, 0.05) is 10.8 Å². The molecule has 2 aliphatic carbocycles. The van der Waals surface area contributed by atoms with Gasteiger partial charge in [-0.3, -0.25) is 0 Å². The lowest BCUT2D eigenvalue weighted by atomic mass is 9.80. The molecule has 0 heteroatoms. The van der Waals surface area contributed by atoms with Gasteiger partial charge in [0.25, 0.3) is 0 Å². The Balaban J connectivity index is 0.947. The maximum absolute atomic E-state index is 2.46. The van der Waals surface area contributed by atoms with Crippen LogP contribution in [0.5, 0.6) is 0 Å². The molecule has 2 aliphatic rings. The van der Waals surface area contributed by atoms with Crippen LogP contribution >= 0.6 is 0 Å². The van der Waals surface area contributed by atoms with Gasteiger partial charge in [0.05, 0.1) is 0 Å². The van der Waals surface area contributed by atoms with Crippen LogP contribution in [0.25, 0.3) is 88.0 Å². The molecule has 0 radical (unpaired) electrons. The zero-order chi connectivity index (χ0) is 36.3. The van der Waals surface area contributed by atoms with Gasteiger partial charge in [-0.2, -0.15) is 0 Å². The summed E-state index contributed by atoms with van der Waals surface area (Å²) in [5, 5.41) is 7.78. The van der Waals surface area contributed by atoms with Crippen molar-refractivity contribution in [3.63, 3.8) is 0 Å². The lowest BCUT2D eigenvalue weighted by Gasteiger charge is -2.23. The van der Waals surface area contributed by atoms with Gasteiger partial charge in [-0.25, -0.2) is 0 Å². The van der Waals surface area contributed by atoms with Gasteiger partial charge in [0.15, 0.2) is 0 Å². The first kappa shape index (κ1) is 31.3. The summed E-state index contributed by atoms with van der Waals surface area (Å²) in [6.07, 6.45) is 0. The van der Waals surface area contributed by atoms with Gasteiger partial charge in [-0.1, -0.05) is 173 Å². The Morgan fingerprint density at radius 2 is 0.704 bits per heavy atom. The van der Waals surface area contributed by atoms with Crippen LogP contribution in [-0.4, -0.2) is 0 Å². The topological polar surface area (TPSA) is 0 Å². The molecule has 0 saturated heterocycles. The summed E-state index contributed by atoms with van der Waals surface area (Å²) in [5.41, 5.74) is 18.5. The Morgan fingerprint density at radius 1 is 0.259 bits per heavy atom. The van der Waals surface area contributed by atoms with E-state index >= 15 is 0 Å². The second kappa shape index (κ2) is 11.1. The molecule has 0 fully saturated rings. The molecule has 9 aromatic carbocycles. The van der Waals surface area contributed by atoms with Gasteiger partial charge in [0.1, 0.15) is 0 Å². The largest absolute Gasteiger partial charge is 0.0619 e. The molecule has 11 rings (SSSR count). The van der Waals surface area contributed by atoms with Crippen molar-refractivity contribution in [3.8, 4) is 55.6 Å². The van der Waals surface area contributed by atoms with Crippen LogP contribution in [0.4, 0.5) is 0 Å². The van der Waals surface area contributed by atoms with Crippen molar-refractivity contribution < 1.29 is 0 Å². The van der Waals surface area contributed by atoms with Crippen LogP contribution in [0, 0.1) is 0 Å². The standard InChI is InChI=1S/C54H40/c1-53(2)49-16-10-9-15-43(49)44-27-23-37(30-50(44)53)38-24-28-46-45-26-22-36(29-51(45)54(3,4)52(46)31-38)33-17-19-35(20-18-33)47-32-48-39-12-6-5-11-34(39)21-25-42(48)40-13-7-8-14-41(40)47/h5-32H,1-4H3. The summed E-state index contributed by atoms with van der Waals surface area (Å²) in [6, 6.07) is 64.0. The van der Waals surface area contributed by atoms with E-state index in [1.807, 2.05) is 0 Å². The number of hydrogen-bond acceptors (Lipinski definition) is 0. The third-order valence-corrected chi connectivity index (χ3v) is 12.9. The predicted molar refractivity (Wildman–Crippen MR) is 230 cm³/mol. The predicted octanol–water partition coefficient (Wildman–Crippen LogP) is 14.8. The van der Waals surface area contributed by atoms with Crippen molar-refractivity contribution >= 4 is 32.3 Å². The van der Waals surface area contributed by atoms with E-state index in [2.05, 4.69) is 198 Å². The average molecular weight is 689 g/mol. The molecule has 9 aromatic rings. The van der Waals surface area contributed by atoms with Crippen molar-refractivity contribution in [3.05, 3.63) is 192 Å². The Labute approximate surface area is 317 Å². The average Bonchev–Trinajstić information content (AvgIpc) is 3.59. The van der Waals surface area contributed by atoms with Crippen molar-refractivity contribution in [2.24, 2.45) is 0 Å². The highest BCUT2D eigenvalue weighted by atomic mass is 14.4. The Kier molecular flexibility index (Phi) is 6.46. The molecular weight excluding hydrogens is 649 g/mol. The first-order valence-corrected chi connectivity index (χ1v) is 19.3. The van der Waals surface area contributed by atoms with Crippen LogP contribution in [-0.2, 0) is 10.8 Å². The fourth-order valence-corrected chi connectivity index (χ4v) is 9.92. The van der Waals surface area contributed by atoms with E-state index in [1.165, 1.54) is 110 Å². The summed E-state index contributed by atoms with van der Waals surface area (Å²) >= 11 is 0. The molecule has 0 nitrogen and oxygen atoms in total. The zero-order valence-electron chi connectivity index (χ0n) is 31.2. The van der Waals surface area contributed by atoms with Crippen molar-refractivity contribution in [1.82, 2.24) is 0 Å². The van der Waals surface area contributed by atoms with Gasteiger partial charge < -0.3 is 0 Å². The minimum absolute atomic E-state index is 0.0130. The zero-order valence-corrected chi connectivity index (χ0v) is 31.2. The Hall–Kier alpha value is -6.24. The fourth-order valence-electron chi connectivity index (χ4n) is 9.92. The Morgan fingerprint density at radius 3 is 1.35 bits per heavy atom. The van der Waals surface area contributed by atoms with E-state index in [-0.39, 0.29) is 10.8 Å². The maximum Gasteiger partial charge on any atom is 0.0159 e. The summed E-state index contributed by atoms with van der Waals surface area (Å²) in [5.74, 6) is 0. The minimum Gasteiger partial charge on any atom is -0.0619 e. The number of hydrogen-bond donors (Lipinski definition) is 0. The summed E-state index contributed by atoms with van der Waals surface area (Å²) < 4.78 is 0. The van der Waals surface area contributed by atoms with Gasteiger partial charge in [0.2, 0.25) is 0 Å². The number of fused-ring (bicyclic) bond motifs is 11. The quantitative estimate of drug-likeness (QED) is 0.162. The van der Waals surface area contributed by atoms with Gasteiger partial charge >= 0.3 is 0 Å². The van der Waals surface area contributed by atoms with Crippen LogP contribution < -0.4 is 0 Å². The van der Waals surface area contributed by atoms with E-state index in [4.69, 9.17) is 0 Å². The van der Waals surface area contributed by atoms with E-state index in [9.17, 15) is 0 Å². The molecule has 256 valence electrons. The Bertz CT molecular complexity index is 3020. The molecule has 0 spiro atoms. The number of rotatable bonds is 3.